The lowest BCUT2D eigenvalue weighted by molar-refractivity contribution is -0.132. The molecule has 1 unspecified atom stereocenters. The van der Waals surface area contributed by atoms with Crippen LogP contribution in [-0.4, -0.2) is 43.6 Å². The fourth-order valence-corrected chi connectivity index (χ4v) is 4.59. The van der Waals surface area contributed by atoms with Gasteiger partial charge in [0.15, 0.2) is 0 Å². The Morgan fingerprint density at radius 1 is 1.31 bits per heavy atom. The Morgan fingerprint density at radius 2 is 2.15 bits per heavy atom. The maximum absolute atomic E-state index is 12.7. The normalized spacial score (nSPS) is 17.1. The van der Waals surface area contributed by atoms with Crippen LogP contribution in [0.3, 0.4) is 0 Å². The van der Waals surface area contributed by atoms with Crippen LogP contribution in [0.5, 0.6) is 0 Å². The van der Waals surface area contributed by atoms with Gasteiger partial charge in [-0.15, -0.1) is 21.5 Å². The Morgan fingerprint density at radius 3 is 3.00 bits per heavy atom. The summed E-state index contributed by atoms with van der Waals surface area (Å²) in [6.45, 7) is 2.87. The molecule has 26 heavy (non-hydrogen) atoms. The second-order valence-electron chi connectivity index (χ2n) is 6.88. The zero-order chi connectivity index (χ0) is 18.1. The van der Waals surface area contributed by atoms with E-state index in [-0.39, 0.29) is 11.9 Å². The summed E-state index contributed by atoms with van der Waals surface area (Å²) in [5.41, 5.74) is 1.02. The SMILES string of the molecule is Cc1nnc2n1CCC(N(C)C(=O)CCc1nc3ccccc3s1)CC2. The predicted molar refractivity (Wildman–Crippen MR) is 102 cm³/mol. The molecule has 1 atom stereocenters. The van der Waals surface area contributed by atoms with Crippen molar-refractivity contribution in [1.82, 2.24) is 24.6 Å². The monoisotopic (exact) mass is 369 g/mol. The second kappa shape index (κ2) is 7.15. The van der Waals surface area contributed by atoms with Crippen molar-refractivity contribution >= 4 is 27.5 Å². The quantitative estimate of drug-likeness (QED) is 0.709. The summed E-state index contributed by atoms with van der Waals surface area (Å²) in [5, 5.41) is 9.44. The van der Waals surface area contributed by atoms with E-state index in [0.29, 0.717) is 12.8 Å². The number of benzene rings is 1. The highest BCUT2D eigenvalue weighted by Gasteiger charge is 2.24. The standard InChI is InChI=1S/C19H23N5OS/c1-13-21-22-17-8-7-14(11-12-24(13)17)23(2)19(25)10-9-18-20-15-5-3-4-6-16(15)26-18/h3-6,14H,7-12H2,1-2H3. The van der Waals surface area contributed by atoms with Crippen molar-refractivity contribution in [2.45, 2.75) is 51.6 Å². The Hall–Kier alpha value is -2.28. The molecule has 0 saturated heterocycles. The van der Waals surface area contributed by atoms with E-state index in [4.69, 9.17) is 0 Å². The maximum atomic E-state index is 12.7. The average Bonchev–Trinajstić information content (AvgIpc) is 3.15. The number of para-hydroxylation sites is 1. The van der Waals surface area contributed by atoms with E-state index in [1.54, 1.807) is 11.3 Å². The van der Waals surface area contributed by atoms with Crippen molar-refractivity contribution in [1.29, 1.82) is 0 Å². The average molecular weight is 369 g/mol. The number of hydrogen-bond donors (Lipinski definition) is 0. The molecule has 3 heterocycles. The Kier molecular flexibility index (Phi) is 4.72. The third kappa shape index (κ3) is 3.35. The lowest BCUT2D eigenvalue weighted by Crippen LogP contribution is -2.37. The second-order valence-corrected chi connectivity index (χ2v) is 7.99. The zero-order valence-corrected chi connectivity index (χ0v) is 16.0. The number of aromatic nitrogens is 4. The number of aryl methyl sites for hydroxylation is 3. The molecule has 0 radical (unpaired) electrons. The smallest absolute Gasteiger partial charge is 0.222 e. The molecule has 1 aliphatic heterocycles. The molecule has 1 amide bonds. The van der Waals surface area contributed by atoms with Gasteiger partial charge in [-0.3, -0.25) is 4.79 Å². The molecule has 6 nitrogen and oxygen atoms in total. The van der Waals surface area contributed by atoms with Crippen molar-refractivity contribution in [3.8, 4) is 0 Å². The van der Waals surface area contributed by atoms with Crippen LogP contribution >= 0.6 is 11.3 Å². The van der Waals surface area contributed by atoms with Gasteiger partial charge < -0.3 is 9.47 Å². The van der Waals surface area contributed by atoms with Gasteiger partial charge in [-0.2, -0.15) is 0 Å². The van der Waals surface area contributed by atoms with E-state index in [2.05, 4.69) is 25.8 Å². The van der Waals surface area contributed by atoms with Crippen LogP contribution in [-0.2, 0) is 24.2 Å². The summed E-state index contributed by atoms with van der Waals surface area (Å²) < 4.78 is 3.37. The van der Waals surface area contributed by atoms with Gasteiger partial charge >= 0.3 is 0 Å². The molecule has 136 valence electrons. The highest BCUT2D eigenvalue weighted by atomic mass is 32.1. The van der Waals surface area contributed by atoms with Gasteiger partial charge in [0.1, 0.15) is 11.6 Å². The molecule has 1 aromatic carbocycles. The molecule has 0 aliphatic carbocycles. The summed E-state index contributed by atoms with van der Waals surface area (Å²) in [5.74, 6) is 2.20. The molecular formula is C19H23N5OS. The Labute approximate surface area is 156 Å². The van der Waals surface area contributed by atoms with E-state index in [1.165, 1.54) is 4.70 Å². The van der Waals surface area contributed by atoms with Gasteiger partial charge in [-0.25, -0.2) is 4.98 Å². The first-order valence-corrected chi connectivity index (χ1v) is 9.92. The number of hydrogen-bond acceptors (Lipinski definition) is 5. The van der Waals surface area contributed by atoms with E-state index < -0.39 is 0 Å². The van der Waals surface area contributed by atoms with Crippen LogP contribution in [0.2, 0.25) is 0 Å². The van der Waals surface area contributed by atoms with E-state index in [0.717, 1.165) is 48.0 Å². The van der Waals surface area contributed by atoms with Crippen molar-refractivity contribution in [2.24, 2.45) is 0 Å². The van der Waals surface area contributed by atoms with E-state index in [9.17, 15) is 4.79 Å². The van der Waals surface area contributed by atoms with E-state index >= 15 is 0 Å². The highest BCUT2D eigenvalue weighted by Crippen LogP contribution is 2.23. The van der Waals surface area contributed by atoms with Crippen LogP contribution in [0.25, 0.3) is 10.2 Å². The summed E-state index contributed by atoms with van der Waals surface area (Å²) in [6.07, 6.45) is 4.00. The largest absolute Gasteiger partial charge is 0.343 e. The molecule has 2 aromatic heterocycles. The van der Waals surface area contributed by atoms with Crippen molar-refractivity contribution in [3.05, 3.63) is 40.9 Å². The number of carbonyl (C=O) groups excluding carboxylic acids is 1. The Bertz CT molecular complexity index is 898. The summed E-state index contributed by atoms with van der Waals surface area (Å²) in [6, 6.07) is 8.39. The third-order valence-electron chi connectivity index (χ3n) is 5.23. The lowest BCUT2D eigenvalue weighted by atomic mass is 10.1. The molecule has 4 rings (SSSR count). The molecular weight excluding hydrogens is 346 g/mol. The Balaban J connectivity index is 1.35. The maximum Gasteiger partial charge on any atom is 0.222 e. The van der Waals surface area contributed by atoms with Gasteiger partial charge in [0.25, 0.3) is 0 Å². The summed E-state index contributed by atoms with van der Waals surface area (Å²) in [7, 11) is 1.94. The molecule has 0 N–H and O–H groups in total. The number of carbonyl (C=O) groups is 1. The topological polar surface area (TPSA) is 63.9 Å². The number of fused-ring (bicyclic) bond motifs is 2. The van der Waals surface area contributed by atoms with Gasteiger partial charge in [0.05, 0.1) is 15.2 Å². The fraction of sp³-hybridized carbons (Fsp3) is 0.474. The summed E-state index contributed by atoms with van der Waals surface area (Å²) in [4.78, 5) is 19.3. The molecule has 7 heteroatoms. The minimum Gasteiger partial charge on any atom is -0.343 e. The van der Waals surface area contributed by atoms with Crippen molar-refractivity contribution < 1.29 is 4.79 Å². The fourth-order valence-electron chi connectivity index (χ4n) is 3.63. The van der Waals surface area contributed by atoms with Gasteiger partial charge in [0, 0.05) is 38.9 Å². The van der Waals surface area contributed by atoms with Crippen LogP contribution in [0.1, 0.15) is 35.9 Å². The third-order valence-corrected chi connectivity index (χ3v) is 6.33. The first kappa shape index (κ1) is 17.1. The number of nitrogens with zero attached hydrogens (tertiary/aromatic N) is 5. The lowest BCUT2D eigenvalue weighted by Gasteiger charge is -2.27. The molecule has 3 aromatic rings. The van der Waals surface area contributed by atoms with Crippen molar-refractivity contribution in [2.75, 3.05) is 7.05 Å². The minimum atomic E-state index is 0.198. The number of thiazole rings is 1. The zero-order valence-electron chi connectivity index (χ0n) is 15.2. The van der Waals surface area contributed by atoms with Gasteiger partial charge in [0.2, 0.25) is 5.91 Å². The summed E-state index contributed by atoms with van der Waals surface area (Å²) >= 11 is 1.68. The van der Waals surface area contributed by atoms with Gasteiger partial charge in [-0.05, 0) is 31.9 Å². The first-order valence-electron chi connectivity index (χ1n) is 9.10. The van der Waals surface area contributed by atoms with Crippen LogP contribution < -0.4 is 0 Å². The van der Waals surface area contributed by atoms with Gasteiger partial charge in [-0.1, -0.05) is 12.1 Å². The molecule has 0 bridgehead atoms. The molecule has 0 saturated carbocycles. The predicted octanol–water partition coefficient (Wildman–Crippen LogP) is 2.99. The molecule has 0 fully saturated rings. The van der Waals surface area contributed by atoms with E-state index in [1.807, 2.05) is 37.1 Å². The first-order chi connectivity index (χ1) is 12.6. The number of amides is 1. The highest BCUT2D eigenvalue weighted by molar-refractivity contribution is 7.18. The van der Waals surface area contributed by atoms with Crippen molar-refractivity contribution in [3.63, 3.8) is 0 Å². The van der Waals surface area contributed by atoms with Crippen LogP contribution in [0, 0.1) is 6.92 Å². The van der Waals surface area contributed by atoms with Crippen LogP contribution in [0.4, 0.5) is 0 Å². The number of rotatable bonds is 4. The van der Waals surface area contributed by atoms with Crippen LogP contribution in [0.15, 0.2) is 24.3 Å². The minimum absolute atomic E-state index is 0.198. The molecule has 1 aliphatic rings. The molecule has 0 spiro atoms.